The van der Waals surface area contributed by atoms with Gasteiger partial charge in [-0.3, -0.25) is 0 Å². The fourth-order valence-electron chi connectivity index (χ4n) is 11.8. The topological polar surface area (TPSA) is 0 Å². The summed E-state index contributed by atoms with van der Waals surface area (Å²) in [6.07, 6.45) is 16.2. The minimum absolute atomic E-state index is 0. The van der Waals surface area contributed by atoms with Gasteiger partial charge >= 0.3 is 365 Å². The molecule has 2 saturated carbocycles. The van der Waals surface area contributed by atoms with Crippen molar-refractivity contribution in [2.45, 2.75) is 95.6 Å². The van der Waals surface area contributed by atoms with Crippen molar-refractivity contribution in [3.05, 3.63) is 177 Å². The van der Waals surface area contributed by atoms with Gasteiger partial charge in [-0.05, 0) is 0 Å². The first kappa shape index (κ1) is 45.1. The number of halogens is 2. The molecule has 0 spiro atoms. The van der Waals surface area contributed by atoms with E-state index in [1.54, 1.807) is 22.3 Å². The van der Waals surface area contributed by atoms with E-state index in [-0.39, 0.29) is 24.8 Å². The molecule has 0 amide bonds. The van der Waals surface area contributed by atoms with Gasteiger partial charge in [0, 0.05) is 0 Å². The molecule has 0 N–H and O–H groups in total. The van der Waals surface area contributed by atoms with Crippen LogP contribution < -0.4 is 0 Å². The van der Waals surface area contributed by atoms with E-state index in [2.05, 4.69) is 177 Å². The van der Waals surface area contributed by atoms with Gasteiger partial charge in [0.15, 0.2) is 0 Å². The largest absolute Gasteiger partial charge is 0.147 e. The molecule has 2 fully saturated rings. The zero-order chi connectivity index (χ0) is 41.4. The Labute approximate surface area is 387 Å². The van der Waals surface area contributed by atoms with E-state index in [1.165, 1.54) is 129 Å². The van der Waals surface area contributed by atoms with Crippen molar-refractivity contribution in [1.82, 2.24) is 0 Å². The smallest absolute Gasteiger partial charge is 0.147 e. The first-order valence-corrected chi connectivity index (χ1v) is 36.7. The molecule has 4 aliphatic carbocycles. The maximum absolute atomic E-state index is 4.17. The first-order valence-electron chi connectivity index (χ1n) is 23.0. The summed E-state index contributed by atoms with van der Waals surface area (Å²) in [5, 5.41) is 0. The second-order valence-corrected chi connectivity index (χ2v) is 51.2. The van der Waals surface area contributed by atoms with Crippen LogP contribution in [0.2, 0.25) is 9.26 Å². The molecule has 0 aromatic heterocycles. The van der Waals surface area contributed by atoms with Gasteiger partial charge in [-0.2, -0.15) is 0 Å². The van der Waals surface area contributed by atoms with Crippen molar-refractivity contribution < 1.29 is 17.4 Å². The molecule has 0 heterocycles. The molecule has 6 aromatic rings. The third-order valence-electron chi connectivity index (χ3n) is 15.4. The van der Waals surface area contributed by atoms with E-state index in [4.69, 9.17) is 0 Å². The van der Waals surface area contributed by atoms with Crippen molar-refractivity contribution in [1.29, 1.82) is 0 Å². The average Bonchev–Trinajstić information content (AvgIpc) is 3.80. The number of hydrogen-bond acceptors (Lipinski definition) is 0. The molecule has 2 unspecified atom stereocenters. The van der Waals surface area contributed by atoms with Crippen molar-refractivity contribution in [3.8, 4) is 44.5 Å². The van der Waals surface area contributed by atoms with Crippen molar-refractivity contribution in [2.75, 3.05) is 0 Å². The van der Waals surface area contributed by atoms with Gasteiger partial charge in [0.25, 0.3) is 0 Å². The van der Waals surface area contributed by atoms with E-state index in [0.717, 1.165) is 11.8 Å². The third-order valence-corrected chi connectivity index (χ3v) is 32.8. The summed E-state index contributed by atoms with van der Waals surface area (Å²) in [5.74, 6) is 1.59. The van der Waals surface area contributed by atoms with Gasteiger partial charge < -0.3 is 0 Å². The summed E-state index contributed by atoms with van der Waals surface area (Å²) in [5.41, 5.74) is 26.2. The summed E-state index contributed by atoms with van der Waals surface area (Å²) in [7, 11) is 0. The molecule has 0 saturated heterocycles. The van der Waals surface area contributed by atoms with Crippen LogP contribution in [-0.4, -0.2) is 6.88 Å². The van der Waals surface area contributed by atoms with Crippen LogP contribution in [0.3, 0.4) is 0 Å². The Balaban J connectivity index is 0.00000264. The van der Waals surface area contributed by atoms with E-state index in [0.29, 0.717) is 7.25 Å². The van der Waals surface area contributed by atoms with Crippen LogP contribution in [0.15, 0.2) is 132 Å². The number of hydrogen-bond donors (Lipinski definition) is 0. The quantitative estimate of drug-likeness (QED) is 0.120. The standard InChI is InChI=1S/2C28H27.2CH3.2ClH.H2Si.Zr/c2*1-19-6-10-23(11-7-19)25-14-15-26(24-12-8-20(2)9-13-24)28-18-22(17-27(25)28)16-21-4-3-5-21;;;;;;/h2*6-15,17-18,21H,3-5,16H2,1-2H3;2*1H3;2*1H;1H2;. The monoisotopic (exact) mass is 948 g/mol. The molecule has 318 valence electrons. The van der Waals surface area contributed by atoms with E-state index in [9.17, 15) is 0 Å². The molecule has 6 aromatic carbocycles. The van der Waals surface area contributed by atoms with Crippen LogP contribution in [0.4, 0.5) is 0 Å². The Bertz CT molecular complexity index is 2570. The zero-order valence-corrected chi connectivity index (χ0v) is 43.2. The second-order valence-electron chi connectivity index (χ2n) is 20.7. The molecule has 0 nitrogen and oxygen atoms in total. The summed E-state index contributed by atoms with van der Waals surface area (Å²) >= 11 is -4.17. The Morgan fingerprint density at radius 2 is 0.694 bits per heavy atom. The molecule has 0 bridgehead atoms. The molecule has 62 heavy (non-hydrogen) atoms. The third kappa shape index (κ3) is 8.10. The number of benzene rings is 6. The van der Waals surface area contributed by atoms with Crippen LogP contribution in [0.1, 0.15) is 103 Å². The SMILES string of the molecule is Cc1ccc(-c2ccc(-c3ccc(C)cc3)c3c2C=C(CC2CCC2)[CH]3[Zr]([CH3])([CH3])(=[SiH2])[CH]2C(CC3CCC3)=Cc3c(-c4ccc(C)cc4)ccc(-c4ccc(C)cc4)c32)cc1.Cl.Cl. The fourth-order valence-corrected chi connectivity index (χ4v) is 31.3. The van der Waals surface area contributed by atoms with Crippen molar-refractivity contribution in [3.63, 3.8) is 0 Å². The number of fused-ring (bicyclic) bond motifs is 2. The minimum Gasteiger partial charge on any atom is -0.147 e. The van der Waals surface area contributed by atoms with Gasteiger partial charge in [-0.15, -0.1) is 24.8 Å². The molecule has 0 aliphatic heterocycles. The zero-order valence-electron chi connectivity index (χ0n) is 37.7. The summed E-state index contributed by atoms with van der Waals surface area (Å²) in [4.78, 5) is 0. The van der Waals surface area contributed by atoms with E-state index < -0.39 is 17.4 Å². The maximum Gasteiger partial charge on any atom is -0.147 e. The Morgan fingerprint density at radius 3 is 0.968 bits per heavy atom. The fraction of sp³-hybridized carbons (Fsp3) is 0.310. The Kier molecular flexibility index (Phi) is 12.7. The summed E-state index contributed by atoms with van der Waals surface area (Å²) in [6.45, 7) is 11.4. The number of rotatable bonds is 10. The van der Waals surface area contributed by atoms with Crippen molar-refractivity contribution >= 4 is 43.8 Å². The summed E-state index contributed by atoms with van der Waals surface area (Å²) < 4.78 is 6.71. The molecule has 2 atom stereocenters. The predicted octanol–water partition coefficient (Wildman–Crippen LogP) is 16.7. The molecule has 0 radical (unpaired) electrons. The van der Waals surface area contributed by atoms with E-state index in [1.807, 2.05) is 0 Å². The normalized spacial score (nSPS) is 18.4. The first-order chi connectivity index (χ1) is 28.9. The molecular formula is C58H64Cl2SiZr. The minimum atomic E-state index is -4.17. The van der Waals surface area contributed by atoms with Gasteiger partial charge in [-0.25, -0.2) is 0 Å². The predicted molar refractivity (Wildman–Crippen MR) is 274 cm³/mol. The van der Waals surface area contributed by atoms with Crippen LogP contribution in [-0.2, 0) is 17.4 Å². The van der Waals surface area contributed by atoms with Gasteiger partial charge in [-0.1, -0.05) is 0 Å². The van der Waals surface area contributed by atoms with E-state index >= 15 is 0 Å². The van der Waals surface area contributed by atoms with Crippen LogP contribution in [0.5, 0.6) is 0 Å². The number of aryl methyl sites for hydroxylation is 4. The maximum atomic E-state index is 2.91. The average molecular weight is 951 g/mol. The van der Waals surface area contributed by atoms with Crippen molar-refractivity contribution in [2.24, 2.45) is 11.8 Å². The second kappa shape index (κ2) is 17.5. The Morgan fingerprint density at radius 1 is 0.419 bits per heavy atom. The van der Waals surface area contributed by atoms with Gasteiger partial charge in [0.1, 0.15) is 0 Å². The van der Waals surface area contributed by atoms with Crippen LogP contribution in [0, 0.1) is 39.5 Å². The molecule has 4 aliphatic rings. The number of allylic oxidation sites excluding steroid dienone is 2. The van der Waals surface area contributed by atoms with Crippen LogP contribution in [0.25, 0.3) is 56.7 Å². The molecular weight excluding hydrogens is 887 g/mol. The molecule has 10 rings (SSSR count). The van der Waals surface area contributed by atoms with Gasteiger partial charge in [0.2, 0.25) is 0 Å². The summed E-state index contributed by atoms with van der Waals surface area (Å²) in [6, 6.07) is 47.6. The Hall–Kier alpha value is -3.52. The molecule has 4 heteroatoms. The van der Waals surface area contributed by atoms with Crippen LogP contribution >= 0.6 is 24.8 Å². The van der Waals surface area contributed by atoms with Gasteiger partial charge in [0.05, 0.1) is 0 Å².